The van der Waals surface area contributed by atoms with E-state index < -0.39 is 11.5 Å². The van der Waals surface area contributed by atoms with Crippen LogP contribution in [0.25, 0.3) is 0 Å². The Hall–Kier alpha value is -1.85. The maximum Gasteiger partial charge on any atom is 0.328 e. The SMILES string of the molecule is CCN(c1ccnc(N(C)C)n1)C(C)(C)C(=O)O. The van der Waals surface area contributed by atoms with E-state index in [2.05, 4.69) is 9.97 Å². The average Bonchev–Trinajstić information content (AvgIpc) is 2.29. The summed E-state index contributed by atoms with van der Waals surface area (Å²) in [6.45, 7) is 5.79. The highest BCUT2D eigenvalue weighted by atomic mass is 16.4. The van der Waals surface area contributed by atoms with Crippen LogP contribution in [-0.2, 0) is 4.79 Å². The third kappa shape index (κ3) is 2.69. The molecule has 0 bridgehead atoms. The molecule has 0 radical (unpaired) electrons. The van der Waals surface area contributed by atoms with Crippen LogP contribution in [0.15, 0.2) is 12.3 Å². The highest BCUT2D eigenvalue weighted by molar-refractivity contribution is 5.82. The van der Waals surface area contributed by atoms with Crippen molar-refractivity contribution in [3.05, 3.63) is 12.3 Å². The van der Waals surface area contributed by atoms with E-state index in [-0.39, 0.29) is 0 Å². The van der Waals surface area contributed by atoms with Crippen molar-refractivity contribution in [2.75, 3.05) is 30.4 Å². The monoisotopic (exact) mass is 252 g/mol. The molecule has 0 atom stereocenters. The normalized spacial score (nSPS) is 11.2. The van der Waals surface area contributed by atoms with Gasteiger partial charge in [0, 0.05) is 26.8 Å². The molecule has 18 heavy (non-hydrogen) atoms. The molecule has 0 saturated heterocycles. The van der Waals surface area contributed by atoms with Gasteiger partial charge in [0.05, 0.1) is 0 Å². The number of aliphatic carboxylic acids is 1. The molecule has 0 fully saturated rings. The van der Waals surface area contributed by atoms with Crippen LogP contribution in [0.3, 0.4) is 0 Å². The molecule has 0 unspecified atom stereocenters. The zero-order valence-corrected chi connectivity index (χ0v) is 11.5. The highest BCUT2D eigenvalue weighted by Gasteiger charge is 2.34. The third-order valence-electron chi connectivity index (χ3n) is 2.82. The summed E-state index contributed by atoms with van der Waals surface area (Å²) in [7, 11) is 3.69. The summed E-state index contributed by atoms with van der Waals surface area (Å²) in [5, 5.41) is 9.29. The molecule has 0 aromatic carbocycles. The van der Waals surface area contributed by atoms with Crippen LogP contribution in [0.4, 0.5) is 11.8 Å². The van der Waals surface area contributed by atoms with E-state index >= 15 is 0 Å². The van der Waals surface area contributed by atoms with Gasteiger partial charge in [-0.05, 0) is 26.8 Å². The molecule has 0 amide bonds. The molecule has 0 aliphatic rings. The van der Waals surface area contributed by atoms with Gasteiger partial charge in [0.2, 0.25) is 5.95 Å². The van der Waals surface area contributed by atoms with E-state index in [4.69, 9.17) is 0 Å². The summed E-state index contributed by atoms with van der Waals surface area (Å²) >= 11 is 0. The standard InChI is InChI=1S/C12H20N4O2/c1-6-16(12(2,3)10(17)18)9-7-8-13-11(14-9)15(4)5/h7-8H,6H2,1-5H3,(H,17,18). The summed E-state index contributed by atoms with van der Waals surface area (Å²) in [6, 6.07) is 1.72. The maximum absolute atomic E-state index is 11.3. The van der Waals surface area contributed by atoms with E-state index in [0.29, 0.717) is 18.3 Å². The lowest BCUT2D eigenvalue weighted by Crippen LogP contribution is -2.50. The molecule has 6 heteroatoms. The Kier molecular flexibility index (Phi) is 4.11. The Morgan fingerprint density at radius 1 is 1.44 bits per heavy atom. The summed E-state index contributed by atoms with van der Waals surface area (Å²) in [5.74, 6) is 0.296. The number of nitrogens with zero attached hydrogens (tertiary/aromatic N) is 4. The van der Waals surface area contributed by atoms with Gasteiger partial charge in [-0.1, -0.05) is 0 Å². The largest absolute Gasteiger partial charge is 0.480 e. The van der Waals surface area contributed by atoms with Gasteiger partial charge in [-0.3, -0.25) is 0 Å². The first kappa shape index (κ1) is 14.2. The lowest BCUT2D eigenvalue weighted by molar-refractivity contribution is -0.142. The van der Waals surface area contributed by atoms with Crippen molar-refractivity contribution < 1.29 is 9.90 Å². The number of anilines is 2. The van der Waals surface area contributed by atoms with Gasteiger partial charge in [0.25, 0.3) is 0 Å². The smallest absolute Gasteiger partial charge is 0.328 e. The number of aromatic nitrogens is 2. The van der Waals surface area contributed by atoms with E-state index in [0.717, 1.165) is 0 Å². The van der Waals surface area contributed by atoms with Crippen LogP contribution in [0.5, 0.6) is 0 Å². The predicted molar refractivity (Wildman–Crippen MR) is 71.1 cm³/mol. The molecule has 0 aliphatic carbocycles. The summed E-state index contributed by atoms with van der Waals surface area (Å²) in [4.78, 5) is 23.3. The molecule has 1 N–H and O–H groups in total. The second-order valence-electron chi connectivity index (χ2n) is 4.72. The van der Waals surface area contributed by atoms with Crippen molar-refractivity contribution >= 4 is 17.7 Å². The highest BCUT2D eigenvalue weighted by Crippen LogP contribution is 2.23. The number of carboxylic acids is 1. The van der Waals surface area contributed by atoms with Gasteiger partial charge in [-0.2, -0.15) is 4.98 Å². The van der Waals surface area contributed by atoms with Crippen LogP contribution in [0.1, 0.15) is 20.8 Å². The van der Waals surface area contributed by atoms with Gasteiger partial charge in [0.1, 0.15) is 11.4 Å². The fourth-order valence-corrected chi connectivity index (χ4v) is 1.66. The van der Waals surface area contributed by atoms with Crippen LogP contribution >= 0.6 is 0 Å². The van der Waals surface area contributed by atoms with Crippen molar-refractivity contribution in [1.82, 2.24) is 9.97 Å². The fourth-order valence-electron chi connectivity index (χ4n) is 1.66. The molecule has 0 spiro atoms. The lowest BCUT2D eigenvalue weighted by atomic mass is 10.0. The zero-order chi connectivity index (χ0) is 13.9. The molecular formula is C12H20N4O2. The Morgan fingerprint density at radius 3 is 2.50 bits per heavy atom. The minimum atomic E-state index is -1.01. The molecule has 0 saturated carbocycles. The molecule has 100 valence electrons. The van der Waals surface area contributed by atoms with E-state index in [1.165, 1.54) is 0 Å². The topological polar surface area (TPSA) is 69.6 Å². The second-order valence-corrected chi connectivity index (χ2v) is 4.72. The maximum atomic E-state index is 11.3. The van der Waals surface area contributed by atoms with E-state index in [1.807, 2.05) is 21.0 Å². The quantitative estimate of drug-likeness (QED) is 0.850. The van der Waals surface area contributed by atoms with Crippen molar-refractivity contribution in [3.8, 4) is 0 Å². The van der Waals surface area contributed by atoms with Crippen molar-refractivity contribution in [1.29, 1.82) is 0 Å². The Morgan fingerprint density at radius 2 is 2.06 bits per heavy atom. The van der Waals surface area contributed by atoms with Crippen LogP contribution in [0, 0.1) is 0 Å². The van der Waals surface area contributed by atoms with Gasteiger partial charge in [0.15, 0.2) is 0 Å². The minimum absolute atomic E-state index is 0.559. The van der Waals surface area contributed by atoms with Gasteiger partial charge < -0.3 is 14.9 Å². The summed E-state index contributed by atoms with van der Waals surface area (Å²) in [6.07, 6.45) is 1.64. The number of rotatable bonds is 5. The molecule has 1 heterocycles. The van der Waals surface area contributed by atoms with Crippen molar-refractivity contribution in [2.24, 2.45) is 0 Å². The van der Waals surface area contributed by atoms with Crippen molar-refractivity contribution in [3.63, 3.8) is 0 Å². The Labute approximate surface area is 107 Å². The van der Waals surface area contributed by atoms with Crippen LogP contribution in [-0.4, -0.2) is 47.2 Å². The number of likely N-dealkylation sites (N-methyl/N-ethyl adjacent to an activating group) is 1. The van der Waals surface area contributed by atoms with E-state index in [1.54, 1.807) is 35.9 Å². The first-order valence-corrected chi connectivity index (χ1v) is 5.82. The van der Waals surface area contributed by atoms with Gasteiger partial charge >= 0.3 is 5.97 Å². The lowest BCUT2D eigenvalue weighted by Gasteiger charge is -2.35. The number of hydrogen-bond acceptors (Lipinski definition) is 5. The molecule has 1 rings (SSSR count). The number of hydrogen-bond donors (Lipinski definition) is 1. The van der Waals surface area contributed by atoms with Gasteiger partial charge in [-0.15, -0.1) is 0 Å². The first-order chi connectivity index (χ1) is 8.30. The second kappa shape index (κ2) is 5.20. The summed E-state index contributed by atoms with van der Waals surface area (Å²) < 4.78 is 0. The fraction of sp³-hybridized carbons (Fsp3) is 0.583. The minimum Gasteiger partial charge on any atom is -0.480 e. The van der Waals surface area contributed by atoms with Crippen LogP contribution < -0.4 is 9.80 Å². The summed E-state index contributed by atoms with van der Waals surface area (Å²) in [5.41, 5.74) is -1.01. The molecule has 1 aromatic heterocycles. The van der Waals surface area contributed by atoms with E-state index in [9.17, 15) is 9.90 Å². The molecule has 1 aromatic rings. The van der Waals surface area contributed by atoms with Crippen LogP contribution in [0.2, 0.25) is 0 Å². The van der Waals surface area contributed by atoms with Crippen molar-refractivity contribution in [2.45, 2.75) is 26.3 Å². The molecule has 0 aliphatic heterocycles. The first-order valence-electron chi connectivity index (χ1n) is 5.82. The average molecular weight is 252 g/mol. The Bertz CT molecular complexity index is 432. The molecule has 6 nitrogen and oxygen atoms in total. The third-order valence-corrected chi connectivity index (χ3v) is 2.82. The van der Waals surface area contributed by atoms with Gasteiger partial charge in [-0.25, -0.2) is 9.78 Å². The Balaban J connectivity index is 3.17. The number of carbonyl (C=O) groups is 1. The number of carboxylic acid groups (broad SMARTS) is 1. The predicted octanol–water partition coefficient (Wildman–Crippen LogP) is 1.23. The molecular weight excluding hydrogens is 232 g/mol. The zero-order valence-electron chi connectivity index (χ0n) is 11.5.